The summed E-state index contributed by atoms with van der Waals surface area (Å²) in [5, 5.41) is 14.3. The van der Waals surface area contributed by atoms with Crippen molar-refractivity contribution >= 4 is 21.4 Å². The largest absolute Gasteiger partial charge is 0.350 e. The molecule has 10 heteroatoms. The number of nitro groups is 1. The van der Waals surface area contributed by atoms with Crippen molar-refractivity contribution < 1.29 is 22.5 Å². The first kappa shape index (κ1) is 22.8. The molecule has 3 rings (SSSR count). The van der Waals surface area contributed by atoms with Crippen molar-refractivity contribution in [3.8, 4) is 0 Å². The molecule has 1 saturated heterocycles. The molecule has 1 N–H and O–H groups in total. The van der Waals surface area contributed by atoms with Gasteiger partial charge in [0.1, 0.15) is 5.82 Å². The number of nitro benzene ring substituents is 1. The summed E-state index contributed by atoms with van der Waals surface area (Å²) < 4.78 is 38.2. The number of nitrogens with zero attached hydrogens (tertiary/aromatic N) is 2. The fourth-order valence-electron chi connectivity index (χ4n) is 3.78. The third kappa shape index (κ3) is 5.45. The lowest BCUT2D eigenvalue weighted by Gasteiger charge is -2.22. The Morgan fingerprint density at radius 3 is 2.61 bits per heavy atom. The Morgan fingerprint density at radius 1 is 1.26 bits per heavy atom. The number of benzene rings is 2. The number of hydrogen-bond acceptors (Lipinski definition) is 6. The lowest BCUT2D eigenvalue weighted by molar-refractivity contribution is -0.385. The third-order valence-electron chi connectivity index (χ3n) is 5.47. The summed E-state index contributed by atoms with van der Waals surface area (Å²) in [6, 6.07) is 8.24. The predicted molar refractivity (Wildman–Crippen MR) is 113 cm³/mol. The normalized spacial score (nSPS) is 16.9. The SMILES string of the molecule is CCN1CCCC1CNC(=O)c1ccc(CS(=O)(=O)c2ccc(F)cc2)c([N+](=O)[O-])c1. The molecule has 166 valence electrons. The Labute approximate surface area is 180 Å². The zero-order valence-corrected chi connectivity index (χ0v) is 17.9. The fraction of sp³-hybridized carbons (Fsp3) is 0.381. The highest BCUT2D eigenvalue weighted by molar-refractivity contribution is 7.90. The third-order valence-corrected chi connectivity index (χ3v) is 7.15. The summed E-state index contributed by atoms with van der Waals surface area (Å²) in [4.78, 5) is 25.5. The number of likely N-dealkylation sites (tertiary alicyclic amines) is 1. The lowest BCUT2D eigenvalue weighted by atomic mass is 10.1. The summed E-state index contributed by atoms with van der Waals surface area (Å²) in [5.41, 5.74) is -0.399. The van der Waals surface area contributed by atoms with Crippen LogP contribution in [0.3, 0.4) is 0 Å². The summed E-state index contributed by atoms with van der Waals surface area (Å²) in [7, 11) is -3.93. The van der Waals surface area contributed by atoms with E-state index in [1.54, 1.807) is 0 Å². The van der Waals surface area contributed by atoms with Crippen LogP contribution in [0.5, 0.6) is 0 Å². The van der Waals surface area contributed by atoms with E-state index < -0.39 is 37.9 Å². The number of halogens is 1. The zero-order valence-electron chi connectivity index (χ0n) is 17.1. The highest BCUT2D eigenvalue weighted by Crippen LogP contribution is 2.26. The molecular weight excluding hydrogens is 425 g/mol. The van der Waals surface area contributed by atoms with Crippen LogP contribution in [-0.4, -0.2) is 49.8 Å². The smallest absolute Gasteiger partial charge is 0.274 e. The van der Waals surface area contributed by atoms with E-state index in [1.165, 1.54) is 12.1 Å². The van der Waals surface area contributed by atoms with Crippen molar-refractivity contribution in [1.29, 1.82) is 0 Å². The number of carbonyl (C=O) groups is 1. The molecule has 0 saturated carbocycles. The number of sulfone groups is 1. The van der Waals surface area contributed by atoms with Gasteiger partial charge in [0.15, 0.2) is 9.84 Å². The monoisotopic (exact) mass is 449 g/mol. The van der Waals surface area contributed by atoms with Gasteiger partial charge in [0, 0.05) is 29.8 Å². The predicted octanol–water partition coefficient (Wildman–Crippen LogP) is 2.92. The van der Waals surface area contributed by atoms with E-state index in [0.29, 0.717) is 6.54 Å². The van der Waals surface area contributed by atoms with E-state index >= 15 is 0 Å². The van der Waals surface area contributed by atoms with Gasteiger partial charge >= 0.3 is 0 Å². The van der Waals surface area contributed by atoms with Crippen molar-refractivity contribution in [3.63, 3.8) is 0 Å². The average molecular weight is 450 g/mol. The molecule has 0 radical (unpaired) electrons. The Bertz CT molecular complexity index is 1070. The molecule has 1 aliphatic heterocycles. The van der Waals surface area contributed by atoms with Gasteiger partial charge in [0.25, 0.3) is 11.6 Å². The van der Waals surface area contributed by atoms with E-state index in [0.717, 1.165) is 56.3 Å². The number of nitrogens with one attached hydrogen (secondary N) is 1. The zero-order chi connectivity index (χ0) is 22.6. The minimum atomic E-state index is -3.93. The van der Waals surface area contributed by atoms with E-state index in [1.807, 2.05) is 0 Å². The number of rotatable bonds is 8. The molecular formula is C21H24FN3O5S. The number of carbonyl (C=O) groups excluding carboxylic acids is 1. The molecule has 0 aliphatic carbocycles. The maximum atomic E-state index is 13.1. The number of hydrogen-bond donors (Lipinski definition) is 1. The van der Waals surface area contributed by atoms with Crippen LogP contribution in [0.4, 0.5) is 10.1 Å². The molecule has 0 aromatic heterocycles. The molecule has 1 aliphatic rings. The van der Waals surface area contributed by atoms with Gasteiger partial charge in [-0.25, -0.2) is 12.8 Å². The van der Waals surface area contributed by atoms with Crippen LogP contribution in [0.25, 0.3) is 0 Å². The van der Waals surface area contributed by atoms with Crippen molar-refractivity contribution in [3.05, 3.63) is 69.5 Å². The minimum Gasteiger partial charge on any atom is -0.350 e. The topological polar surface area (TPSA) is 110 Å². The molecule has 1 fully saturated rings. The Hall–Kier alpha value is -2.85. The molecule has 1 unspecified atom stereocenters. The van der Waals surface area contributed by atoms with Crippen LogP contribution in [0.1, 0.15) is 35.7 Å². The van der Waals surface area contributed by atoms with Crippen LogP contribution in [-0.2, 0) is 15.6 Å². The van der Waals surface area contributed by atoms with E-state index in [-0.39, 0.29) is 22.1 Å². The van der Waals surface area contributed by atoms with Crippen LogP contribution >= 0.6 is 0 Å². The van der Waals surface area contributed by atoms with E-state index in [2.05, 4.69) is 17.1 Å². The van der Waals surface area contributed by atoms with Crippen LogP contribution in [0.2, 0.25) is 0 Å². The molecule has 1 amide bonds. The summed E-state index contributed by atoms with van der Waals surface area (Å²) in [5.74, 6) is -1.66. The first-order valence-electron chi connectivity index (χ1n) is 9.99. The van der Waals surface area contributed by atoms with Gasteiger partial charge in [-0.3, -0.25) is 19.8 Å². The Kier molecular flexibility index (Phi) is 7.01. The molecule has 31 heavy (non-hydrogen) atoms. The van der Waals surface area contributed by atoms with Crippen molar-refractivity contribution in [1.82, 2.24) is 10.2 Å². The minimum absolute atomic E-state index is 0.0428. The van der Waals surface area contributed by atoms with Gasteiger partial charge in [0.2, 0.25) is 0 Å². The van der Waals surface area contributed by atoms with E-state index in [4.69, 9.17) is 0 Å². The van der Waals surface area contributed by atoms with Gasteiger partial charge in [-0.15, -0.1) is 0 Å². The molecule has 1 atom stereocenters. The maximum absolute atomic E-state index is 13.1. The lowest BCUT2D eigenvalue weighted by Crippen LogP contribution is -2.40. The van der Waals surface area contributed by atoms with Crippen molar-refractivity contribution in [2.24, 2.45) is 0 Å². The highest BCUT2D eigenvalue weighted by atomic mass is 32.2. The number of amides is 1. The highest BCUT2D eigenvalue weighted by Gasteiger charge is 2.26. The van der Waals surface area contributed by atoms with Gasteiger partial charge in [-0.2, -0.15) is 0 Å². The second-order valence-electron chi connectivity index (χ2n) is 7.45. The molecule has 0 bridgehead atoms. The summed E-state index contributed by atoms with van der Waals surface area (Å²) in [6.07, 6.45) is 2.05. The molecule has 2 aromatic carbocycles. The Morgan fingerprint density at radius 2 is 1.97 bits per heavy atom. The molecule has 8 nitrogen and oxygen atoms in total. The molecule has 1 heterocycles. The number of likely N-dealkylation sites (N-methyl/N-ethyl adjacent to an activating group) is 1. The maximum Gasteiger partial charge on any atom is 0.274 e. The summed E-state index contributed by atoms with van der Waals surface area (Å²) >= 11 is 0. The van der Waals surface area contributed by atoms with Crippen LogP contribution in [0, 0.1) is 15.9 Å². The standard InChI is InChI=1S/C21H24FN3O5S/c1-2-24-11-3-4-18(24)13-23-21(26)15-5-6-16(20(12-15)25(27)28)14-31(29,30)19-9-7-17(22)8-10-19/h5-10,12,18H,2-4,11,13-14H2,1H3,(H,23,26). The van der Waals surface area contributed by atoms with Crippen molar-refractivity contribution in [2.75, 3.05) is 19.6 Å². The Balaban J connectivity index is 1.77. The second-order valence-corrected chi connectivity index (χ2v) is 9.44. The van der Waals surface area contributed by atoms with Crippen LogP contribution < -0.4 is 5.32 Å². The van der Waals surface area contributed by atoms with Gasteiger partial charge in [0.05, 0.1) is 15.6 Å². The van der Waals surface area contributed by atoms with Crippen LogP contribution in [0.15, 0.2) is 47.4 Å². The first-order chi connectivity index (χ1) is 14.7. The average Bonchev–Trinajstić information content (AvgIpc) is 3.19. The van der Waals surface area contributed by atoms with Gasteiger partial charge in [-0.05, 0) is 56.3 Å². The fourth-order valence-corrected chi connectivity index (χ4v) is 5.15. The molecule has 2 aromatic rings. The second kappa shape index (κ2) is 9.52. The van der Waals surface area contributed by atoms with Crippen molar-refractivity contribution in [2.45, 2.75) is 36.5 Å². The molecule has 0 spiro atoms. The first-order valence-corrected chi connectivity index (χ1v) is 11.6. The van der Waals surface area contributed by atoms with Gasteiger partial charge < -0.3 is 5.32 Å². The van der Waals surface area contributed by atoms with Gasteiger partial charge in [-0.1, -0.05) is 13.0 Å². The van der Waals surface area contributed by atoms with E-state index in [9.17, 15) is 27.7 Å². The quantitative estimate of drug-likeness (QED) is 0.377. The summed E-state index contributed by atoms with van der Waals surface area (Å²) in [6.45, 7) is 4.38.